The molecule has 6 heteroatoms. The van der Waals surface area contributed by atoms with Crippen molar-refractivity contribution in [2.75, 3.05) is 0 Å². The van der Waals surface area contributed by atoms with E-state index in [1.54, 1.807) is 24.3 Å². The largest absolute Gasteiger partial charge is 0.508 e. The Kier molecular flexibility index (Phi) is 2.67. The number of nitrogens with zero attached hydrogens (tertiary/aromatic N) is 1. The Hall–Kier alpha value is -2.50. The summed E-state index contributed by atoms with van der Waals surface area (Å²) in [6, 6.07) is 10.0. The van der Waals surface area contributed by atoms with Crippen LogP contribution in [0, 0.1) is 0 Å². The second-order valence-corrected chi connectivity index (χ2v) is 4.37. The maximum atomic E-state index is 12.7. The Labute approximate surface area is 111 Å². The van der Waals surface area contributed by atoms with E-state index in [9.17, 15) is 18.3 Å². The first-order chi connectivity index (χ1) is 9.43. The first-order valence-electron chi connectivity index (χ1n) is 5.80. The number of phenols is 1. The van der Waals surface area contributed by atoms with E-state index < -0.39 is 17.5 Å². The van der Waals surface area contributed by atoms with Crippen LogP contribution in [0.25, 0.3) is 22.4 Å². The normalized spacial score (nSPS) is 11.9. The fraction of sp³-hybridized carbons (Fsp3) is 0.0714. The van der Waals surface area contributed by atoms with E-state index >= 15 is 0 Å². The summed E-state index contributed by atoms with van der Waals surface area (Å²) in [5.74, 6) is -0.164. The van der Waals surface area contributed by atoms with Crippen molar-refractivity contribution in [1.29, 1.82) is 0 Å². The molecule has 3 rings (SSSR count). The van der Waals surface area contributed by atoms with Gasteiger partial charge in [-0.3, -0.25) is 0 Å². The second kappa shape index (κ2) is 4.26. The van der Waals surface area contributed by atoms with Crippen molar-refractivity contribution in [3.05, 3.63) is 48.0 Å². The summed E-state index contributed by atoms with van der Waals surface area (Å²) in [6.45, 7) is 0. The number of hydrogen-bond acceptors (Lipinski definition) is 2. The Balaban J connectivity index is 2.16. The number of aromatic nitrogens is 2. The van der Waals surface area contributed by atoms with Crippen molar-refractivity contribution >= 4 is 11.0 Å². The minimum absolute atomic E-state index is 0.188. The zero-order valence-electron chi connectivity index (χ0n) is 10.1. The minimum atomic E-state index is -4.51. The van der Waals surface area contributed by atoms with Gasteiger partial charge in [-0.1, -0.05) is 12.1 Å². The molecular weight excluding hydrogens is 269 g/mol. The molecule has 0 saturated carbocycles. The van der Waals surface area contributed by atoms with Gasteiger partial charge < -0.3 is 10.1 Å². The monoisotopic (exact) mass is 278 g/mol. The van der Waals surface area contributed by atoms with E-state index in [1.807, 2.05) is 0 Å². The zero-order chi connectivity index (χ0) is 14.3. The molecule has 0 aliphatic rings. The molecule has 0 aliphatic carbocycles. The lowest BCUT2D eigenvalue weighted by molar-refractivity contribution is -0.137. The molecule has 0 aliphatic heterocycles. The van der Waals surface area contributed by atoms with Crippen LogP contribution in [0.2, 0.25) is 0 Å². The number of para-hydroxylation sites is 2. The molecule has 2 N–H and O–H groups in total. The molecule has 0 spiro atoms. The number of benzene rings is 2. The number of hydrogen-bond donors (Lipinski definition) is 2. The predicted molar refractivity (Wildman–Crippen MR) is 68.2 cm³/mol. The number of aromatic hydroxyl groups is 1. The van der Waals surface area contributed by atoms with Gasteiger partial charge in [0.2, 0.25) is 0 Å². The van der Waals surface area contributed by atoms with Crippen molar-refractivity contribution in [3.8, 4) is 17.1 Å². The molecule has 0 saturated heterocycles. The third kappa shape index (κ3) is 2.20. The highest BCUT2D eigenvalue weighted by molar-refractivity contribution is 5.79. The fourth-order valence-electron chi connectivity index (χ4n) is 2.00. The lowest BCUT2D eigenvalue weighted by Crippen LogP contribution is -2.04. The van der Waals surface area contributed by atoms with Crippen molar-refractivity contribution < 1.29 is 18.3 Å². The summed E-state index contributed by atoms with van der Waals surface area (Å²) in [5.41, 5.74) is 0.653. The van der Waals surface area contributed by atoms with Gasteiger partial charge in [-0.25, -0.2) is 4.98 Å². The van der Waals surface area contributed by atoms with Crippen LogP contribution in [0.15, 0.2) is 42.5 Å². The Bertz CT molecular complexity index is 744. The fourth-order valence-corrected chi connectivity index (χ4v) is 2.00. The van der Waals surface area contributed by atoms with Crippen LogP contribution in [0.1, 0.15) is 5.56 Å². The van der Waals surface area contributed by atoms with Crippen molar-refractivity contribution in [3.63, 3.8) is 0 Å². The third-order valence-electron chi connectivity index (χ3n) is 2.91. The molecule has 2 aromatic carbocycles. The van der Waals surface area contributed by atoms with Gasteiger partial charge in [0, 0.05) is 5.56 Å². The maximum absolute atomic E-state index is 12.7. The van der Waals surface area contributed by atoms with Crippen LogP contribution in [-0.2, 0) is 6.18 Å². The number of alkyl halides is 3. The number of aromatic amines is 1. The van der Waals surface area contributed by atoms with Gasteiger partial charge >= 0.3 is 6.18 Å². The van der Waals surface area contributed by atoms with Gasteiger partial charge in [-0.15, -0.1) is 0 Å². The average Bonchev–Trinajstić information content (AvgIpc) is 2.80. The van der Waals surface area contributed by atoms with Crippen LogP contribution in [0.5, 0.6) is 5.75 Å². The third-order valence-corrected chi connectivity index (χ3v) is 2.91. The van der Waals surface area contributed by atoms with E-state index in [4.69, 9.17) is 0 Å². The number of H-pyrrole nitrogens is 1. The molecule has 0 amide bonds. The highest BCUT2D eigenvalue weighted by Gasteiger charge is 2.31. The van der Waals surface area contributed by atoms with Crippen LogP contribution in [-0.4, -0.2) is 15.1 Å². The molecule has 1 heterocycles. The first kappa shape index (κ1) is 12.5. The molecule has 3 nitrogen and oxygen atoms in total. The van der Waals surface area contributed by atoms with E-state index in [-0.39, 0.29) is 11.4 Å². The van der Waals surface area contributed by atoms with Gasteiger partial charge in [-0.05, 0) is 30.3 Å². The molecule has 0 atom stereocenters. The standard InChI is InChI=1S/C14H9F3N2O/c15-14(16,17)9-5-8(6-10(20)7-9)13-18-11-3-1-2-4-12(11)19-13/h1-7,20H,(H,18,19). The highest BCUT2D eigenvalue weighted by Crippen LogP contribution is 2.34. The Morgan fingerprint density at radius 2 is 1.80 bits per heavy atom. The van der Waals surface area contributed by atoms with Crippen LogP contribution >= 0.6 is 0 Å². The molecular formula is C14H9F3N2O. The molecule has 20 heavy (non-hydrogen) atoms. The summed E-state index contributed by atoms with van der Waals surface area (Å²) < 4.78 is 38.2. The molecule has 0 fully saturated rings. The Morgan fingerprint density at radius 1 is 1.05 bits per heavy atom. The van der Waals surface area contributed by atoms with Crippen LogP contribution in [0.4, 0.5) is 13.2 Å². The number of halogens is 3. The summed E-state index contributed by atoms with van der Waals surface area (Å²) in [4.78, 5) is 7.14. The number of rotatable bonds is 1. The topological polar surface area (TPSA) is 48.9 Å². The molecule has 0 unspecified atom stereocenters. The summed E-state index contributed by atoms with van der Waals surface area (Å²) >= 11 is 0. The van der Waals surface area contributed by atoms with Gasteiger partial charge in [0.1, 0.15) is 11.6 Å². The lowest BCUT2D eigenvalue weighted by Gasteiger charge is -2.08. The van der Waals surface area contributed by atoms with E-state index in [0.717, 1.165) is 11.6 Å². The molecule has 0 radical (unpaired) electrons. The number of phenolic OH excluding ortho intramolecular Hbond substituents is 1. The Morgan fingerprint density at radius 3 is 2.50 bits per heavy atom. The van der Waals surface area contributed by atoms with Gasteiger partial charge in [0.25, 0.3) is 0 Å². The summed E-state index contributed by atoms with van der Waals surface area (Å²) in [5, 5.41) is 9.45. The summed E-state index contributed by atoms with van der Waals surface area (Å²) in [6.07, 6.45) is -4.51. The SMILES string of the molecule is Oc1cc(-c2nc3ccccc3[nH]2)cc(C(F)(F)F)c1. The molecule has 0 bridgehead atoms. The van der Waals surface area contributed by atoms with E-state index in [1.165, 1.54) is 6.07 Å². The zero-order valence-corrected chi connectivity index (χ0v) is 10.1. The average molecular weight is 278 g/mol. The summed E-state index contributed by atoms with van der Waals surface area (Å²) in [7, 11) is 0. The van der Waals surface area contributed by atoms with Crippen molar-refractivity contribution in [1.82, 2.24) is 9.97 Å². The smallest absolute Gasteiger partial charge is 0.416 e. The predicted octanol–water partition coefficient (Wildman–Crippen LogP) is 3.95. The number of fused-ring (bicyclic) bond motifs is 1. The van der Waals surface area contributed by atoms with Crippen molar-refractivity contribution in [2.24, 2.45) is 0 Å². The van der Waals surface area contributed by atoms with E-state index in [2.05, 4.69) is 9.97 Å². The minimum Gasteiger partial charge on any atom is -0.508 e. The lowest BCUT2D eigenvalue weighted by atomic mass is 10.1. The highest BCUT2D eigenvalue weighted by atomic mass is 19.4. The van der Waals surface area contributed by atoms with Crippen LogP contribution in [0.3, 0.4) is 0 Å². The first-order valence-corrected chi connectivity index (χ1v) is 5.80. The van der Waals surface area contributed by atoms with Crippen molar-refractivity contribution in [2.45, 2.75) is 6.18 Å². The molecule has 3 aromatic rings. The number of imidazole rings is 1. The number of nitrogens with one attached hydrogen (secondary N) is 1. The van der Waals surface area contributed by atoms with Crippen LogP contribution < -0.4 is 0 Å². The van der Waals surface area contributed by atoms with Gasteiger partial charge in [0.15, 0.2) is 0 Å². The quantitative estimate of drug-likeness (QED) is 0.708. The van der Waals surface area contributed by atoms with Gasteiger partial charge in [0.05, 0.1) is 16.6 Å². The van der Waals surface area contributed by atoms with E-state index in [0.29, 0.717) is 11.6 Å². The second-order valence-electron chi connectivity index (χ2n) is 4.37. The molecule has 102 valence electrons. The molecule has 1 aromatic heterocycles. The van der Waals surface area contributed by atoms with Gasteiger partial charge in [-0.2, -0.15) is 13.2 Å². The maximum Gasteiger partial charge on any atom is 0.416 e.